The predicted octanol–water partition coefficient (Wildman–Crippen LogP) is 1.36. The third-order valence-corrected chi connectivity index (χ3v) is 4.17. The lowest BCUT2D eigenvalue weighted by Gasteiger charge is -2.27. The standard InChI is InChI=1S/C13H14N2O4S/c1-5-3-4-7(20-5)9-8(12(16)17)6(2)15-11(14)10(9)13(18)19/h3-4,9,15H,14H2,1-2H3,(H,16,17)(H,18,19). The summed E-state index contributed by atoms with van der Waals surface area (Å²) in [6.45, 7) is 3.45. The summed E-state index contributed by atoms with van der Waals surface area (Å²) in [6, 6.07) is 3.56. The molecule has 1 aromatic rings. The Bertz CT molecular complexity index is 621. The van der Waals surface area contributed by atoms with Crippen LogP contribution in [0.4, 0.5) is 0 Å². The van der Waals surface area contributed by atoms with Crippen molar-refractivity contribution < 1.29 is 19.8 Å². The van der Waals surface area contributed by atoms with Crippen LogP contribution >= 0.6 is 11.3 Å². The first-order valence-electron chi connectivity index (χ1n) is 5.83. The topological polar surface area (TPSA) is 113 Å². The van der Waals surface area contributed by atoms with Gasteiger partial charge in [-0.1, -0.05) is 0 Å². The first kappa shape index (κ1) is 14.1. The van der Waals surface area contributed by atoms with Gasteiger partial charge in [-0.2, -0.15) is 0 Å². The molecule has 5 N–H and O–H groups in total. The van der Waals surface area contributed by atoms with Crippen LogP contribution in [0.3, 0.4) is 0 Å². The molecule has 0 fully saturated rings. The summed E-state index contributed by atoms with van der Waals surface area (Å²) < 4.78 is 0. The number of allylic oxidation sites excluding steroid dienone is 1. The summed E-state index contributed by atoms with van der Waals surface area (Å²) in [5.41, 5.74) is 5.97. The zero-order valence-corrected chi connectivity index (χ0v) is 11.7. The zero-order valence-electron chi connectivity index (χ0n) is 10.9. The van der Waals surface area contributed by atoms with Crippen LogP contribution in [-0.4, -0.2) is 22.2 Å². The maximum absolute atomic E-state index is 11.5. The molecule has 0 bridgehead atoms. The maximum atomic E-state index is 11.5. The van der Waals surface area contributed by atoms with Gasteiger partial charge in [-0.15, -0.1) is 11.3 Å². The molecule has 0 aliphatic carbocycles. The first-order chi connectivity index (χ1) is 9.32. The van der Waals surface area contributed by atoms with E-state index in [1.807, 2.05) is 13.0 Å². The molecule has 7 heteroatoms. The third-order valence-electron chi connectivity index (χ3n) is 3.10. The second-order valence-electron chi connectivity index (χ2n) is 4.48. The Morgan fingerprint density at radius 2 is 1.80 bits per heavy atom. The van der Waals surface area contributed by atoms with Crippen LogP contribution in [0, 0.1) is 6.92 Å². The molecule has 20 heavy (non-hydrogen) atoms. The minimum absolute atomic E-state index is 0.0125. The number of aryl methyl sites for hydroxylation is 1. The van der Waals surface area contributed by atoms with E-state index >= 15 is 0 Å². The largest absolute Gasteiger partial charge is 0.478 e. The van der Waals surface area contributed by atoms with Crippen LogP contribution in [0.5, 0.6) is 0 Å². The lowest BCUT2D eigenvalue weighted by atomic mass is 9.85. The Morgan fingerprint density at radius 3 is 2.25 bits per heavy atom. The summed E-state index contributed by atoms with van der Waals surface area (Å²) in [7, 11) is 0. The molecule has 1 aliphatic rings. The summed E-state index contributed by atoms with van der Waals surface area (Å²) >= 11 is 1.36. The molecule has 0 spiro atoms. The number of dihydropyridines is 1. The van der Waals surface area contributed by atoms with Gasteiger partial charge < -0.3 is 21.3 Å². The molecule has 1 unspecified atom stereocenters. The number of thiophene rings is 1. The Kier molecular flexibility index (Phi) is 3.54. The highest BCUT2D eigenvalue weighted by molar-refractivity contribution is 7.12. The SMILES string of the molecule is CC1=C(C(=O)O)C(c2ccc(C)s2)C(C(=O)O)=C(N)N1. The Hall–Kier alpha value is -2.28. The van der Waals surface area contributed by atoms with Crippen molar-refractivity contribution in [1.29, 1.82) is 0 Å². The van der Waals surface area contributed by atoms with Crippen molar-refractivity contribution in [3.05, 3.63) is 44.6 Å². The normalized spacial score (nSPS) is 19.0. The lowest BCUT2D eigenvalue weighted by Crippen LogP contribution is -2.34. The molecule has 1 atom stereocenters. The van der Waals surface area contributed by atoms with Gasteiger partial charge >= 0.3 is 11.9 Å². The average Bonchev–Trinajstić information content (AvgIpc) is 2.73. The highest BCUT2D eigenvalue weighted by atomic mass is 32.1. The molecule has 0 amide bonds. The van der Waals surface area contributed by atoms with Crippen LogP contribution in [-0.2, 0) is 9.59 Å². The van der Waals surface area contributed by atoms with E-state index in [9.17, 15) is 19.8 Å². The molecular formula is C13H14N2O4S. The second kappa shape index (κ2) is 5.01. The van der Waals surface area contributed by atoms with Crippen molar-refractivity contribution in [2.24, 2.45) is 5.73 Å². The molecule has 0 saturated carbocycles. The molecule has 2 rings (SSSR count). The van der Waals surface area contributed by atoms with Crippen LogP contribution in [0.25, 0.3) is 0 Å². The predicted molar refractivity (Wildman–Crippen MR) is 74.1 cm³/mol. The Balaban J connectivity index is 2.67. The summed E-state index contributed by atoms with van der Waals surface area (Å²) in [5.74, 6) is -3.25. The van der Waals surface area contributed by atoms with Crippen LogP contribution in [0.1, 0.15) is 22.6 Å². The molecule has 0 radical (unpaired) electrons. The van der Waals surface area contributed by atoms with Crippen LogP contribution in [0.2, 0.25) is 0 Å². The van der Waals surface area contributed by atoms with Gasteiger partial charge in [0.25, 0.3) is 0 Å². The van der Waals surface area contributed by atoms with E-state index in [0.29, 0.717) is 10.6 Å². The first-order valence-corrected chi connectivity index (χ1v) is 6.65. The van der Waals surface area contributed by atoms with Gasteiger partial charge in [0.15, 0.2) is 0 Å². The number of carboxylic acid groups (broad SMARTS) is 2. The summed E-state index contributed by atoms with van der Waals surface area (Å²) in [6.07, 6.45) is 0. The number of carbonyl (C=O) groups is 2. The highest BCUT2D eigenvalue weighted by Crippen LogP contribution is 2.40. The van der Waals surface area contributed by atoms with Gasteiger partial charge in [-0.05, 0) is 26.0 Å². The number of nitrogens with one attached hydrogen (secondary N) is 1. The molecule has 1 aliphatic heterocycles. The van der Waals surface area contributed by atoms with Crippen molar-refractivity contribution in [2.45, 2.75) is 19.8 Å². The van der Waals surface area contributed by atoms with Gasteiger partial charge in [-0.3, -0.25) is 0 Å². The Labute approximate surface area is 119 Å². The van der Waals surface area contributed by atoms with Crippen molar-refractivity contribution in [3.8, 4) is 0 Å². The summed E-state index contributed by atoms with van der Waals surface area (Å²) in [5, 5.41) is 21.4. The molecule has 6 nitrogen and oxygen atoms in total. The minimum atomic E-state index is -1.22. The number of nitrogens with two attached hydrogens (primary N) is 1. The second-order valence-corrected chi connectivity index (χ2v) is 5.80. The molecule has 0 saturated heterocycles. The maximum Gasteiger partial charge on any atom is 0.336 e. The van der Waals surface area contributed by atoms with E-state index in [1.165, 1.54) is 11.3 Å². The monoisotopic (exact) mass is 294 g/mol. The average molecular weight is 294 g/mol. The number of hydrogen-bond donors (Lipinski definition) is 4. The van der Waals surface area contributed by atoms with Crippen LogP contribution in [0.15, 0.2) is 34.8 Å². The van der Waals surface area contributed by atoms with E-state index in [-0.39, 0.29) is 17.0 Å². The van der Waals surface area contributed by atoms with E-state index < -0.39 is 17.9 Å². The molecule has 1 aromatic heterocycles. The fourth-order valence-corrected chi connectivity index (χ4v) is 3.27. The fraction of sp³-hybridized carbons (Fsp3) is 0.231. The number of rotatable bonds is 3. The van der Waals surface area contributed by atoms with Crippen molar-refractivity contribution >= 4 is 23.3 Å². The highest BCUT2D eigenvalue weighted by Gasteiger charge is 2.37. The molecule has 2 heterocycles. The van der Waals surface area contributed by atoms with E-state index in [2.05, 4.69) is 5.32 Å². The molecular weight excluding hydrogens is 280 g/mol. The molecule has 106 valence electrons. The smallest absolute Gasteiger partial charge is 0.336 e. The van der Waals surface area contributed by atoms with Gasteiger partial charge in [0.05, 0.1) is 17.1 Å². The van der Waals surface area contributed by atoms with Crippen LogP contribution < -0.4 is 11.1 Å². The van der Waals surface area contributed by atoms with Gasteiger partial charge in [0.1, 0.15) is 5.82 Å². The van der Waals surface area contributed by atoms with Crippen molar-refractivity contribution in [3.63, 3.8) is 0 Å². The van der Waals surface area contributed by atoms with E-state index in [0.717, 1.165) is 4.88 Å². The zero-order chi connectivity index (χ0) is 15.0. The van der Waals surface area contributed by atoms with Gasteiger partial charge in [0, 0.05) is 15.5 Å². The summed E-state index contributed by atoms with van der Waals surface area (Å²) in [4.78, 5) is 24.6. The van der Waals surface area contributed by atoms with Crippen molar-refractivity contribution in [2.75, 3.05) is 0 Å². The third kappa shape index (κ3) is 2.27. The number of aliphatic carboxylic acids is 2. The Morgan fingerprint density at radius 1 is 1.20 bits per heavy atom. The lowest BCUT2D eigenvalue weighted by molar-refractivity contribution is -0.133. The fourth-order valence-electron chi connectivity index (χ4n) is 2.27. The van der Waals surface area contributed by atoms with Gasteiger partial charge in [-0.25, -0.2) is 9.59 Å². The van der Waals surface area contributed by atoms with Crippen molar-refractivity contribution in [1.82, 2.24) is 5.32 Å². The van der Waals surface area contributed by atoms with E-state index in [1.54, 1.807) is 13.0 Å². The molecule has 0 aromatic carbocycles. The van der Waals surface area contributed by atoms with E-state index in [4.69, 9.17) is 5.73 Å². The quantitative estimate of drug-likeness (QED) is 0.669. The number of hydrogen-bond acceptors (Lipinski definition) is 5. The van der Waals surface area contributed by atoms with Gasteiger partial charge in [0.2, 0.25) is 0 Å². The minimum Gasteiger partial charge on any atom is -0.478 e. The number of carboxylic acids is 2.